The van der Waals surface area contributed by atoms with Gasteiger partial charge in [0.05, 0.1) is 28.4 Å². The Morgan fingerprint density at radius 2 is 1.21 bits per heavy atom. The van der Waals surface area contributed by atoms with Gasteiger partial charge in [-0.25, -0.2) is 9.59 Å². The summed E-state index contributed by atoms with van der Waals surface area (Å²) in [6.45, 7) is 10.8. The Morgan fingerprint density at radius 3 is 1.67 bits per heavy atom. The van der Waals surface area contributed by atoms with Crippen LogP contribution in [0.25, 0.3) is 11.1 Å². The maximum atomic E-state index is 13.3. The minimum atomic E-state index is -0.826. The number of rotatable bonds is 8. The maximum Gasteiger partial charge on any atom is 0.333 e. The fourth-order valence-electron chi connectivity index (χ4n) is 5.48. The Hall–Kier alpha value is -4.34. The zero-order valence-corrected chi connectivity index (χ0v) is 26.4. The molecule has 1 heterocycles. The second-order valence-corrected chi connectivity index (χ2v) is 10.5. The molecule has 0 radical (unpaired) electrons. The van der Waals surface area contributed by atoms with Crippen LogP contribution in [0.3, 0.4) is 0 Å². The first kappa shape index (κ1) is 31.6. The first-order valence-corrected chi connectivity index (χ1v) is 14.1. The molecule has 0 amide bonds. The van der Waals surface area contributed by atoms with Crippen molar-refractivity contribution in [2.75, 3.05) is 35.2 Å². The van der Waals surface area contributed by atoms with E-state index in [0.29, 0.717) is 67.9 Å². The van der Waals surface area contributed by atoms with Crippen molar-refractivity contribution in [2.45, 2.75) is 53.8 Å². The van der Waals surface area contributed by atoms with E-state index in [0.717, 1.165) is 0 Å². The number of ether oxygens (including phenoxy) is 8. The van der Waals surface area contributed by atoms with Crippen molar-refractivity contribution in [3.05, 3.63) is 46.6 Å². The molecular weight excluding hydrogens is 556 g/mol. The minimum Gasteiger partial charge on any atom is -0.493 e. The zero-order valence-electron chi connectivity index (χ0n) is 26.4. The summed E-state index contributed by atoms with van der Waals surface area (Å²) < 4.78 is 47.7. The lowest BCUT2D eigenvalue weighted by Crippen LogP contribution is -2.31. The molecule has 0 saturated heterocycles. The smallest absolute Gasteiger partial charge is 0.333 e. The number of methoxy groups -OCH3 is 4. The third kappa shape index (κ3) is 5.46. The lowest BCUT2D eigenvalue weighted by molar-refractivity contribution is -0.156. The van der Waals surface area contributed by atoms with E-state index in [4.69, 9.17) is 37.9 Å². The number of esters is 2. The van der Waals surface area contributed by atoms with Gasteiger partial charge in [-0.2, -0.15) is 0 Å². The highest BCUT2D eigenvalue weighted by Crippen LogP contribution is 2.60. The minimum absolute atomic E-state index is 0.0124. The van der Waals surface area contributed by atoms with Gasteiger partial charge in [-0.15, -0.1) is 0 Å². The van der Waals surface area contributed by atoms with Crippen LogP contribution in [0.15, 0.2) is 35.4 Å². The van der Waals surface area contributed by atoms with E-state index in [1.807, 2.05) is 19.9 Å². The molecule has 4 atom stereocenters. The van der Waals surface area contributed by atoms with Crippen LogP contribution in [0.5, 0.6) is 34.5 Å². The normalized spacial score (nSPS) is 21.1. The summed E-state index contributed by atoms with van der Waals surface area (Å²) in [5.41, 5.74) is 3.15. The van der Waals surface area contributed by atoms with Gasteiger partial charge in [0.1, 0.15) is 12.2 Å². The molecule has 43 heavy (non-hydrogen) atoms. The van der Waals surface area contributed by atoms with Gasteiger partial charge in [-0.1, -0.05) is 26.0 Å². The van der Waals surface area contributed by atoms with E-state index in [1.54, 1.807) is 45.9 Å². The van der Waals surface area contributed by atoms with Crippen LogP contribution in [-0.4, -0.2) is 47.2 Å². The molecule has 0 spiro atoms. The quantitative estimate of drug-likeness (QED) is 0.247. The van der Waals surface area contributed by atoms with Gasteiger partial charge in [0, 0.05) is 45.2 Å². The van der Waals surface area contributed by atoms with Crippen molar-refractivity contribution < 1.29 is 47.5 Å². The van der Waals surface area contributed by atoms with Crippen molar-refractivity contribution in [2.24, 2.45) is 11.8 Å². The summed E-state index contributed by atoms with van der Waals surface area (Å²) in [5, 5.41) is 0. The molecule has 0 N–H and O–H groups in total. The van der Waals surface area contributed by atoms with Crippen LogP contribution >= 0.6 is 0 Å². The summed E-state index contributed by atoms with van der Waals surface area (Å²) in [5.74, 6) is 0.504. The molecule has 0 fully saturated rings. The lowest BCUT2D eigenvalue weighted by atomic mass is 9.74. The molecule has 0 aromatic heterocycles. The number of carbonyl (C=O) groups is 2. The van der Waals surface area contributed by atoms with Crippen molar-refractivity contribution in [1.82, 2.24) is 0 Å². The Labute approximate surface area is 252 Å². The van der Waals surface area contributed by atoms with Crippen LogP contribution < -0.4 is 28.4 Å². The van der Waals surface area contributed by atoms with Crippen LogP contribution in [-0.2, 0) is 19.1 Å². The summed E-state index contributed by atoms with van der Waals surface area (Å²) in [7, 11) is 6.07. The number of hydrogen-bond acceptors (Lipinski definition) is 10. The van der Waals surface area contributed by atoms with E-state index < -0.39 is 24.1 Å². The third-order valence-electron chi connectivity index (χ3n) is 8.34. The standard InChI is InChI=1S/C33H40O10/c1-11-16(3)32(34)42-26-18(5)19(6)27(43-33(35)17(4)12-2)21-14-23-29(41-15-40-23)31(39-10)25(21)24-20(26)13-22(36-7)28(37-8)30(24)38-9/h11-14,18-19,26-27H,15H2,1-10H3/b16-11-,17-12-/t18-,19+,26+,27+/m0/s1. The molecule has 10 nitrogen and oxygen atoms in total. The largest absolute Gasteiger partial charge is 0.493 e. The number of hydrogen-bond donors (Lipinski definition) is 0. The van der Waals surface area contributed by atoms with Gasteiger partial charge in [0.25, 0.3) is 0 Å². The Balaban J connectivity index is 2.20. The number of benzene rings is 2. The molecule has 1 aliphatic carbocycles. The predicted octanol–water partition coefficient (Wildman–Crippen LogP) is 6.50. The molecule has 2 aromatic carbocycles. The van der Waals surface area contributed by atoms with E-state index in [2.05, 4.69) is 0 Å². The molecule has 0 unspecified atom stereocenters. The molecule has 10 heteroatoms. The van der Waals surface area contributed by atoms with Gasteiger partial charge in [-0.3, -0.25) is 0 Å². The van der Waals surface area contributed by atoms with Gasteiger partial charge in [-0.05, 0) is 39.8 Å². The number of allylic oxidation sites excluding steroid dienone is 2. The summed E-state index contributed by atoms with van der Waals surface area (Å²) in [6, 6.07) is 3.59. The fraction of sp³-hybridized carbons (Fsp3) is 0.455. The monoisotopic (exact) mass is 596 g/mol. The average Bonchev–Trinajstić information content (AvgIpc) is 3.50. The van der Waals surface area contributed by atoms with Gasteiger partial charge >= 0.3 is 11.9 Å². The number of carbonyl (C=O) groups excluding carboxylic acids is 2. The molecule has 2 aliphatic rings. The molecule has 232 valence electrons. The lowest BCUT2D eigenvalue weighted by Gasteiger charge is -2.39. The maximum absolute atomic E-state index is 13.3. The first-order valence-electron chi connectivity index (χ1n) is 14.1. The van der Waals surface area contributed by atoms with Gasteiger partial charge in [0.2, 0.25) is 18.3 Å². The Kier molecular flexibility index (Phi) is 9.47. The Bertz CT molecular complexity index is 1470. The zero-order chi connectivity index (χ0) is 31.6. The molecule has 0 saturated carbocycles. The number of fused-ring (bicyclic) bond motifs is 4. The van der Waals surface area contributed by atoms with Crippen LogP contribution in [0.2, 0.25) is 0 Å². The highest BCUT2D eigenvalue weighted by atomic mass is 16.7. The Morgan fingerprint density at radius 1 is 0.721 bits per heavy atom. The van der Waals surface area contributed by atoms with E-state index >= 15 is 0 Å². The van der Waals surface area contributed by atoms with Crippen molar-refractivity contribution in [3.63, 3.8) is 0 Å². The van der Waals surface area contributed by atoms with Crippen molar-refractivity contribution in [1.29, 1.82) is 0 Å². The highest BCUT2D eigenvalue weighted by Gasteiger charge is 2.44. The van der Waals surface area contributed by atoms with Gasteiger partial charge < -0.3 is 37.9 Å². The van der Waals surface area contributed by atoms with Gasteiger partial charge in [0.15, 0.2) is 23.0 Å². The molecular formula is C33H40O10. The van der Waals surface area contributed by atoms with Crippen molar-refractivity contribution >= 4 is 11.9 Å². The van der Waals surface area contributed by atoms with E-state index in [9.17, 15) is 9.59 Å². The predicted molar refractivity (Wildman–Crippen MR) is 159 cm³/mol. The third-order valence-corrected chi connectivity index (χ3v) is 8.34. The molecule has 0 bridgehead atoms. The average molecular weight is 597 g/mol. The summed E-state index contributed by atoms with van der Waals surface area (Å²) >= 11 is 0. The molecule has 2 aromatic rings. The van der Waals surface area contributed by atoms with Crippen LogP contribution in [0, 0.1) is 11.8 Å². The molecule has 1 aliphatic heterocycles. The first-order chi connectivity index (χ1) is 20.6. The summed E-state index contributed by atoms with van der Waals surface area (Å²) in [6.07, 6.45) is 1.75. The van der Waals surface area contributed by atoms with Crippen LogP contribution in [0.4, 0.5) is 0 Å². The fourth-order valence-corrected chi connectivity index (χ4v) is 5.48. The van der Waals surface area contributed by atoms with Crippen LogP contribution in [0.1, 0.15) is 64.9 Å². The SMILES string of the molecule is C/C=C(/C)C(=O)O[C@H]1c2cc3c(c(OC)c2-c2c(cc(OC)c(OC)c2OC)[C@H](OC(=O)/C(C)=C\C)[C@@H](C)[C@H]1C)OCO3. The topological polar surface area (TPSA) is 108 Å². The second kappa shape index (κ2) is 12.9. The van der Waals surface area contributed by atoms with E-state index in [-0.39, 0.29) is 18.6 Å². The van der Waals surface area contributed by atoms with Crippen molar-refractivity contribution in [3.8, 4) is 45.6 Å². The summed E-state index contributed by atoms with van der Waals surface area (Å²) in [4.78, 5) is 26.6. The van der Waals surface area contributed by atoms with E-state index in [1.165, 1.54) is 28.4 Å². The highest BCUT2D eigenvalue weighted by molar-refractivity contribution is 5.92. The second-order valence-electron chi connectivity index (χ2n) is 10.5. The molecule has 4 rings (SSSR count).